The van der Waals surface area contributed by atoms with E-state index < -0.39 is 119 Å². The van der Waals surface area contributed by atoms with E-state index in [-0.39, 0.29) is 6.42 Å². The molecule has 0 amide bonds. The number of alkyl halides is 25. The van der Waals surface area contributed by atoms with Gasteiger partial charge in [0.1, 0.15) is 0 Å². The Kier molecular flexibility index (Phi) is 16.6. The number of rotatable bonds is 24. The van der Waals surface area contributed by atoms with Crippen molar-refractivity contribution in [1.29, 1.82) is 0 Å². The summed E-state index contributed by atoms with van der Waals surface area (Å²) >= 11 is 0. The van der Waals surface area contributed by atoms with Crippen LogP contribution < -0.4 is 0 Å². The van der Waals surface area contributed by atoms with Gasteiger partial charge in [0.15, 0.2) is 0 Å². The molecule has 0 bridgehead atoms. The van der Waals surface area contributed by atoms with E-state index in [1.807, 2.05) is 6.92 Å². The van der Waals surface area contributed by atoms with E-state index in [0.717, 1.165) is 18.6 Å². The van der Waals surface area contributed by atoms with Gasteiger partial charge in [0.05, 0.1) is 12.5 Å². The summed E-state index contributed by atoms with van der Waals surface area (Å²) in [5.41, 5.74) is -3.25. The zero-order valence-corrected chi connectivity index (χ0v) is 32.9. The van der Waals surface area contributed by atoms with Crippen molar-refractivity contribution in [2.45, 2.75) is 172 Å². The van der Waals surface area contributed by atoms with Crippen molar-refractivity contribution in [3.8, 4) is 0 Å². The van der Waals surface area contributed by atoms with Crippen molar-refractivity contribution in [1.82, 2.24) is 0 Å². The van der Waals surface area contributed by atoms with Gasteiger partial charge in [-0.1, -0.05) is 68.2 Å². The Bertz CT molecular complexity index is 1480. The Labute approximate surface area is 331 Å². The highest BCUT2D eigenvalue weighted by Gasteiger charge is 2.95. The van der Waals surface area contributed by atoms with E-state index in [1.54, 1.807) is 34.6 Å². The van der Waals surface area contributed by atoms with Crippen LogP contribution in [0.15, 0.2) is 0 Å². The Morgan fingerprint density at radius 3 is 1.08 bits per heavy atom. The summed E-state index contributed by atoms with van der Waals surface area (Å²) in [7, 11) is 0. The molecule has 0 spiro atoms. The third kappa shape index (κ3) is 10.0. The molecule has 0 aliphatic heterocycles. The molecule has 61 heavy (non-hydrogen) atoms. The second-order valence-corrected chi connectivity index (χ2v) is 15.8. The molecule has 0 radical (unpaired) electrons. The first-order valence-electron chi connectivity index (χ1n) is 17.5. The minimum absolute atomic E-state index is 0.198. The monoisotopic (exact) mass is 960 g/mol. The summed E-state index contributed by atoms with van der Waals surface area (Å²) in [5, 5.41) is 0. The Hall–Kier alpha value is -2.32. The van der Waals surface area contributed by atoms with Crippen LogP contribution in [-0.2, 0) is 14.3 Å². The van der Waals surface area contributed by atoms with Gasteiger partial charge in [0.2, 0.25) is 0 Å². The van der Waals surface area contributed by atoms with Gasteiger partial charge in [-0.05, 0) is 41.9 Å². The molecular weight excluding hydrogens is 919 g/mol. The van der Waals surface area contributed by atoms with Gasteiger partial charge in [-0.3, -0.25) is 4.79 Å². The molecule has 0 aliphatic rings. The average Bonchev–Trinajstić information content (AvgIpc) is 3.10. The molecule has 0 saturated carbocycles. The van der Waals surface area contributed by atoms with E-state index in [0.29, 0.717) is 25.7 Å². The minimum atomic E-state index is -9.10. The first kappa shape index (κ1) is 58.7. The molecule has 1 unspecified atom stereocenters. The fraction of sp³-hybridized carbons (Fsp3) is 0.970. The lowest BCUT2D eigenvalue weighted by atomic mass is 9.65. The highest BCUT2D eigenvalue weighted by atomic mass is 19.4. The van der Waals surface area contributed by atoms with E-state index in [1.165, 1.54) is 0 Å². The molecule has 28 heteroatoms. The third-order valence-corrected chi connectivity index (χ3v) is 11.0. The first-order valence-corrected chi connectivity index (χ1v) is 17.5. The quantitative estimate of drug-likeness (QED) is 0.0714. The Balaban J connectivity index is 6.71. The zero-order chi connectivity index (χ0) is 49.7. The molecule has 0 saturated heterocycles. The van der Waals surface area contributed by atoms with Gasteiger partial charge in [0.25, 0.3) is 0 Å². The summed E-state index contributed by atoms with van der Waals surface area (Å²) in [5.74, 6) is -79.0. The Morgan fingerprint density at radius 2 is 0.770 bits per heavy atom. The number of esters is 1. The largest absolute Gasteiger partial charge is 0.465 e. The van der Waals surface area contributed by atoms with Crippen LogP contribution in [0.2, 0.25) is 0 Å². The number of carbonyl (C=O) groups excluding carboxylic acids is 1. The minimum Gasteiger partial charge on any atom is -0.465 e. The van der Waals surface area contributed by atoms with Gasteiger partial charge in [-0.15, -0.1) is 0 Å². The van der Waals surface area contributed by atoms with Gasteiger partial charge >= 0.3 is 77.7 Å². The van der Waals surface area contributed by atoms with Crippen LogP contribution in [0.25, 0.3) is 0 Å². The lowest BCUT2D eigenvalue weighted by molar-refractivity contribution is -0.527. The van der Waals surface area contributed by atoms with E-state index >= 15 is 0 Å². The van der Waals surface area contributed by atoms with E-state index in [2.05, 4.69) is 0 Å². The van der Waals surface area contributed by atoms with E-state index in [4.69, 9.17) is 4.74 Å². The van der Waals surface area contributed by atoms with Gasteiger partial charge < -0.3 is 4.74 Å². The summed E-state index contributed by atoms with van der Waals surface area (Å²) in [6.07, 6.45) is -28.1. The molecule has 0 aliphatic carbocycles. The normalized spacial score (nSPS) is 16.5. The smallest absolute Gasteiger partial charge is 0.460 e. The molecule has 0 N–H and O–H groups in total. The molecule has 0 aromatic rings. The number of halogens is 25. The van der Waals surface area contributed by atoms with Crippen LogP contribution in [0.4, 0.5) is 110 Å². The van der Waals surface area contributed by atoms with Gasteiger partial charge in [-0.25, -0.2) is 4.74 Å². The lowest BCUT2D eigenvalue weighted by Crippen LogP contribution is -2.73. The summed E-state index contributed by atoms with van der Waals surface area (Å²) < 4.78 is 350. The van der Waals surface area contributed by atoms with Gasteiger partial charge in [-0.2, -0.15) is 110 Å². The maximum atomic E-state index is 14.7. The van der Waals surface area contributed by atoms with Crippen molar-refractivity contribution < 1.29 is 124 Å². The number of carbonyl (C=O) groups is 1. The maximum Gasteiger partial charge on any atom is 0.460 e. The van der Waals surface area contributed by atoms with Crippen LogP contribution in [0.3, 0.4) is 0 Å². The van der Waals surface area contributed by atoms with Crippen LogP contribution in [-0.4, -0.2) is 84.3 Å². The second kappa shape index (κ2) is 17.2. The molecule has 366 valence electrons. The number of hydrogen-bond acceptors (Lipinski definition) is 3. The van der Waals surface area contributed by atoms with Crippen molar-refractivity contribution in [3.63, 3.8) is 0 Å². The van der Waals surface area contributed by atoms with Crippen molar-refractivity contribution in [3.05, 3.63) is 0 Å². The van der Waals surface area contributed by atoms with E-state index in [9.17, 15) is 115 Å². The van der Waals surface area contributed by atoms with Crippen molar-refractivity contribution in [2.75, 3.05) is 6.61 Å². The topological polar surface area (TPSA) is 35.5 Å². The highest BCUT2D eigenvalue weighted by Crippen LogP contribution is 2.64. The first-order chi connectivity index (χ1) is 26.4. The average molecular weight is 961 g/mol. The molecule has 0 aromatic heterocycles. The van der Waals surface area contributed by atoms with Crippen LogP contribution >= 0.6 is 0 Å². The number of hydrogen-bond donors (Lipinski definition) is 0. The fourth-order valence-electron chi connectivity index (χ4n) is 5.33. The van der Waals surface area contributed by atoms with Crippen LogP contribution in [0.5, 0.6) is 0 Å². The SMILES string of the molecule is CCC(C)(CC)CC(C(=O)OCC(C)(C)CCC(F)(F)C(F)(F)C(F)(F)C(F)(F)C(F)(F)C(F)(F)OC(F)(F)C(F)(F)C(F)(F)C(F)(F)C(F)(F)C(F)(F)F)C(C)(CC)CC. The zero-order valence-electron chi connectivity index (χ0n) is 32.9. The van der Waals surface area contributed by atoms with Crippen LogP contribution in [0, 0.1) is 22.2 Å². The van der Waals surface area contributed by atoms with Gasteiger partial charge in [0, 0.05) is 6.42 Å². The predicted molar refractivity (Wildman–Crippen MR) is 161 cm³/mol. The molecule has 0 aromatic carbocycles. The molecule has 0 fully saturated rings. The molecule has 3 nitrogen and oxygen atoms in total. The standard InChI is InChI=1S/C33H41F25O3/c1-9-20(7,10-2)15-17(21(8,11-3)12-4)18(59)60-16-19(5,6)13-14-22(34,35)23(36,37)24(38,39)26(42,43)29(48,49)32(55,56)61-33(57,58)30(50,51)27(44,45)25(40,41)28(46,47)31(52,53)54/h17H,9-16H2,1-8H3. The second-order valence-electron chi connectivity index (χ2n) is 15.8. The molecular formula is C33H41F25O3. The summed E-state index contributed by atoms with van der Waals surface area (Å²) in [6.45, 7) is 11.2. The van der Waals surface area contributed by atoms with Crippen LogP contribution in [0.1, 0.15) is 100 Å². The summed E-state index contributed by atoms with van der Waals surface area (Å²) in [4.78, 5) is 13.3. The molecule has 0 rings (SSSR count). The Morgan fingerprint density at radius 1 is 0.443 bits per heavy atom. The highest BCUT2D eigenvalue weighted by molar-refractivity contribution is 5.73. The predicted octanol–water partition coefficient (Wildman–Crippen LogP) is 14.5. The third-order valence-electron chi connectivity index (χ3n) is 11.0. The lowest BCUT2D eigenvalue weighted by Gasteiger charge is -2.43. The van der Waals surface area contributed by atoms with Crippen molar-refractivity contribution >= 4 is 5.97 Å². The van der Waals surface area contributed by atoms with Crippen molar-refractivity contribution in [2.24, 2.45) is 22.2 Å². The molecule has 0 heterocycles. The maximum absolute atomic E-state index is 14.7. The molecule has 1 atom stereocenters. The number of ether oxygens (including phenoxy) is 2. The summed E-state index contributed by atoms with van der Waals surface area (Å²) in [6, 6.07) is 0. The fourth-order valence-corrected chi connectivity index (χ4v) is 5.33.